The van der Waals surface area contributed by atoms with Gasteiger partial charge in [-0.25, -0.2) is 4.98 Å². The molecular weight excluding hydrogens is 641 g/mol. The van der Waals surface area contributed by atoms with E-state index in [-0.39, 0.29) is 0 Å². The minimum Gasteiger partial charge on any atom is -0.454 e. The largest absolute Gasteiger partial charge is 0.454 e. The molecule has 0 saturated carbocycles. The normalized spacial score (nSPS) is 11.9. The van der Waals surface area contributed by atoms with Gasteiger partial charge in [0.25, 0.3) is 0 Å². The fraction of sp³-hybridized carbons (Fsp3) is 0. The van der Waals surface area contributed by atoms with Crippen molar-refractivity contribution < 1.29 is 4.42 Å². The number of thiophene rings is 1. The first-order valence-electron chi connectivity index (χ1n) is 17.2. The Kier molecular flexibility index (Phi) is 6.12. The SMILES string of the molecule is c1ccc(-c2cc(-c3ccccc3)nc(-c3ccc(-n4c5ccccc5c5c6c7ccccc7sc6c6oc7ccccc7c6c54)cc3)c2)cc1. The Balaban J connectivity index is 1.18. The maximum Gasteiger partial charge on any atom is 0.155 e. The summed E-state index contributed by atoms with van der Waals surface area (Å²) < 4.78 is 11.7. The van der Waals surface area contributed by atoms with Gasteiger partial charge in [0.05, 0.1) is 32.5 Å². The van der Waals surface area contributed by atoms with Crippen LogP contribution in [0.4, 0.5) is 0 Å². The molecule has 11 aromatic rings. The summed E-state index contributed by atoms with van der Waals surface area (Å²) in [6.07, 6.45) is 0. The summed E-state index contributed by atoms with van der Waals surface area (Å²) in [5.74, 6) is 0. The van der Waals surface area contributed by atoms with Crippen molar-refractivity contribution in [1.82, 2.24) is 9.55 Å². The summed E-state index contributed by atoms with van der Waals surface area (Å²) in [5, 5.41) is 7.33. The molecule has 0 aliphatic heterocycles. The highest BCUT2D eigenvalue weighted by molar-refractivity contribution is 7.27. The zero-order valence-corrected chi connectivity index (χ0v) is 28.2. The number of aromatic nitrogens is 2. The van der Waals surface area contributed by atoms with E-state index in [0.717, 1.165) is 55.7 Å². The molecule has 0 aliphatic rings. The molecule has 0 unspecified atom stereocenters. The van der Waals surface area contributed by atoms with Crippen LogP contribution in [0.2, 0.25) is 0 Å². The second kappa shape index (κ2) is 11.0. The third kappa shape index (κ3) is 4.27. The zero-order chi connectivity index (χ0) is 33.5. The molecule has 0 amide bonds. The average Bonchev–Trinajstić information content (AvgIpc) is 3.88. The zero-order valence-electron chi connectivity index (χ0n) is 27.4. The van der Waals surface area contributed by atoms with E-state index in [4.69, 9.17) is 9.40 Å². The van der Waals surface area contributed by atoms with Gasteiger partial charge in [0.1, 0.15) is 5.58 Å². The molecule has 7 aromatic carbocycles. The molecule has 238 valence electrons. The molecular formula is C47H28N2OS. The Morgan fingerprint density at radius 1 is 0.471 bits per heavy atom. The van der Waals surface area contributed by atoms with E-state index in [9.17, 15) is 0 Å². The van der Waals surface area contributed by atoms with Crippen LogP contribution in [0.15, 0.2) is 174 Å². The number of pyridine rings is 1. The lowest BCUT2D eigenvalue weighted by Crippen LogP contribution is -1.95. The summed E-state index contributed by atoms with van der Waals surface area (Å²) in [6.45, 7) is 0. The van der Waals surface area contributed by atoms with Crippen molar-refractivity contribution in [2.24, 2.45) is 0 Å². The number of para-hydroxylation sites is 2. The molecule has 4 aromatic heterocycles. The van der Waals surface area contributed by atoms with Gasteiger partial charge in [-0.1, -0.05) is 127 Å². The molecule has 11 rings (SSSR count). The highest BCUT2D eigenvalue weighted by atomic mass is 32.1. The highest BCUT2D eigenvalue weighted by Crippen LogP contribution is 2.50. The summed E-state index contributed by atoms with van der Waals surface area (Å²) in [5.41, 5.74) is 11.7. The van der Waals surface area contributed by atoms with E-state index in [1.54, 1.807) is 0 Å². The van der Waals surface area contributed by atoms with Crippen LogP contribution >= 0.6 is 11.3 Å². The van der Waals surface area contributed by atoms with E-state index < -0.39 is 0 Å². The Hall–Kier alpha value is -6.49. The Morgan fingerprint density at radius 2 is 1.08 bits per heavy atom. The van der Waals surface area contributed by atoms with Crippen LogP contribution in [0.1, 0.15) is 0 Å². The minimum atomic E-state index is 0.907. The van der Waals surface area contributed by atoms with E-state index in [1.165, 1.54) is 47.5 Å². The van der Waals surface area contributed by atoms with Crippen molar-refractivity contribution in [1.29, 1.82) is 0 Å². The number of benzene rings is 7. The van der Waals surface area contributed by atoms with Crippen LogP contribution in [0.25, 0.3) is 103 Å². The summed E-state index contributed by atoms with van der Waals surface area (Å²) in [6, 6.07) is 60.3. The topological polar surface area (TPSA) is 31.0 Å². The van der Waals surface area contributed by atoms with Gasteiger partial charge in [-0.05, 0) is 53.6 Å². The summed E-state index contributed by atoms with van der Waals surface area (Å²) in [7, 11) is 0. The molecule has 4 heteroatoms. The van der Waals surface area contributed by atoms with Crippen molar-refractivity contribution in [3.8, 4) is 39.3 Å². The van der Waals surface area contributed by atoms with Crippen LogP contribution in [0.5, 0.6) is 0 Å². The van der Waals surface area contributed by atoms with Gasteiger partial charge >= 0.3 is 0 Å². The van der Waals surface area contributed by atoms with Gasteiger partial charge in [-0.2, -0.15) is 0 Å². The second-order valence-electron chi connectivity index (χ2n) is 13.1. The molecule has 0 spiro atoms. The Bertz CT molecular complexity index is 3060. The summed E-state index contributed by atoms with van der Waals surface area (Å²) in [4.78, 5) is 5.20. The molecule has 0 atom stereocenters. The van der Waals surface area contributed by atoms with Crippen molar-refractivity contribution in [2.45, 2.75) is 0 Å². The lowest BCUT2D eigenvalue weighted by molar-refractivity contribution is 0.673. The van der Waals surface area contributed by atoms with Gasteiger partial charge in [-0.3, -0.25) is 0 Å². The van der Waals surface area contributed by atoms with E-state index in [0.29, 0.717) is 0 Å². The first kappa shape index (κ1) is 28.4. The van der Waals surface area contributed by atoms with Gasteiger partial charge < -0.3 is 8.98 Å². The predicted molar refractivity (Wildman–Crippen MR) is 215 cm³/mol. The molecule has 4 heterocycles. The quantitative estimate of drug-likeness (QED) is 0.187. The van der Waals surface area contributed by atoms with E-state index in [2.05, 4.69) is 168 Å². The summed E-state index contributed by atoms with van der Waals surface area (Å²) >= 11 is 1.82. The average molecular weight is 669 g/mol. The molecule has 0 radical (unpaired) electrons. The lowest BCUT2D eigenvalue weighted by Gasteiger charge is -2.12. The molecule has 0 bridgehead atoms. The number of hydrogen-bond acceptors (Lipinski definition) is 3. The Morgan fingerprint density at radius 3 is 1.84 bits per heavy atom. The number of nitrogens with zero attached hydrogens (tertiary/aromatic N) is 2. The van der Waals surface area contributed by atoms with Crippen LogP contribution in [-0.2, 0) is 0 Å². The molecule has 3 nitrogen and oxygen atoms in total. The van der Waals surface area contributed by atoms with Crippen molar-refractivity contribution in [3.63, 3.8) is 0 Å². The minimum absolute atomic E-state index is 0.907. The predicted octanol–water partition coefficient (Wildman–Crippen LogP) is 13.4. The van der Waals surface area contributed by atoms with Crippen molar-refractivity contribution in [2.75, 3.05) is 0 Å². The van der Waals surface area contributed by atoms with E-state index >= 15 is 0 Å². The third-order valence-electron chi connectivity index (χ3n) is 10.2. The lowest BCUT2D eigenvalue weighted by atomic mass is 10.00. The second-order valence-corrected chi connectivity index (χ2v) is 14.1. The van der Waals surface area contributed by atoms with Crippen LogP contribution in [0.3, 0.4) is 0 Å². The van der Waals surface area contributed by atoms with E-state index in [1.807, 2.05) is 17.4 Å². The number of furan rings is 1. The molecule has 0 aliphatic carbocycles. The third-order valence-corrected chi connectivity index (χ3v) is 11.4. The first-order chi connectivity index (χ1) is 25.3. The van der Waals surface area contributed by atoms with Crippen LogP contribution in [0, 0.1) is 0 Å². The number of rotatable bonds is 4. The number of fused-ring (bicyclic) bond motifs is 12. The van der Waals surface area contributed by atoms with Gasteiger partial charge in [-0.15, -0.1) is 11.3 Å². The maximum atomic E-state index is 6.75. The van der Waals surface area contributed by atoms with Crippen molar-refractivity contribution >= 4 is 75.3 Å². The molecule has 0 N–H and O–H groups in total. The molecule has 0 saturated heterocycles. The van der Waals surface area contributed by atoms with Crippen LogP contribution < -0.4 is 0 Å². The van der Waals surface area contributed by atoms with Crippen molar-refractivity contribution in [3.05, 3.63) is 170 Å². The standard InChI is InChI=1S/C47H28N2OS/c1-3-13-29(14-4-1)32-27-37(30-15-5-2-6-16-30)48-38(28-32)31-23-25-33(26-24-31)49-39-20-10-7-17-34(39)42-43-36-19-9-12-22-41(36)51-47(43)46-44(45(42)49)35-18-8-11-21-40(35)50-46/h1-28H. The Labute approximate surface area is 297 Å². The number of hydrogen-bond donors (Lipinski definition) is 0. The van der Waals surface area contributed by atoms with Gasteiger partial charge in [0.2, 0.25) is 0 Å². The maximum absolute atomic E-state index is 6.75. The van der Waals surface area contributed by atoms with Crippen LogP contribution in [-0.4, -0.2) is 9.55 Å². The fourth-order valence-corrected chi connectivity index (χ4v) is 9.10. The molecule has 0 fully saturated rings. The monoisotopic (exact) mass is 668 g/mol. The smallest absolute Gasteiger partial charge is 0.155 e. The van der Waals surface area contributed by atoms with Gasteiger partial charge in [0, 0.05) is 48.4 Å². The first-order valence-corrected chi connectivity index (χ1v) is 18.0. The molecule has 51 heavy (non-hydrogen) atoms. The fourth-order valence-electron chi connectivity index (χ4n) is 7.91. The highest BCUT2D eigenvalue weighted by Gasteiger charge is 2.25. The van der Waals surface area contributed by atoms with Gasteiger partial charge in [0.15, 0.2) is 5.58 Å².